The van der Waals surface area contributed by atoms with Crippen molar-refractivity contribution >= 4 is 33.0 Å². The highest BCUT2D eigenvalue weighted by molar-refractivity contribution is 7.91. The molecular weight excluding hydrogens is 292 g/mol. The Hall–Kier alpha value is -0.170. The van der Waals surface area contributed by atoms with Gasteiger partial charge in [0, 0.05) is 12.6 Å². The molecule has 0 unspecified atom stereocenters. The Labute approximate surface area is 116 Å². The zero-order valence-corrected chi connectivity index (χ0v) is 12.5. The molecule has 0 aliphatic heterocycles. The van der Waals surface area contributed by atoms with Crippen LogP contribution in [0.1, 0.15) is 31.4 Å². The minimum atomic E-state index is -3.40. The standard InChI is InChI=1S/C11H15ClN2O2S2/c1-7-10(17-11(12)13-7)18(15,16)14(9-4-5-9)6-8-2-3-8/h8-9H,2-6H2,1H3. The molecule has 0 aromatic carbocycles. The highest BCUT2D eigenvalue weighted by Gasteiger charge is 2.42. The van der Waals surface area contributed by atoms with E-state index in [-0.39, 0.29) is 6.04 Å². The van der Waals surface area contributed by atoms with Gasteiger partial charge in [-0.25, -0.2) is 13.4 Å². The Morgan fingerprint density at radius 1 is 1.39 bits per heavy atom. The van der Waals surface area contributed by atoms with Crippen molar-refractivity contribution in [3.05, 3.63) is 10.2 Å². The van der Waals surface area contributed by atoms with Crippen LogP contribution >= 0.6 is 22.9 Å². The van der Waals surface area contributed by atoms with Crippen molar-refractivity contribution in [2.24, 2.45) is 5.92 Å². The van der Waals surface area contributed by atoms with Crippen molar-refractivity contribution in [3.63, 3.8) is 0 Å². The predicted octanol–water partition coefficient (Wildman–Crippen LogP) is 2.67. The number of aryl methyl sites for hydroxylation is 1. The van der Waals surface area contributed by atoms with E-state index in [0.717, 1.165) is 37.0 Å². The zero-order valence-electron chi connectivity index (χ0n) is 10.1. The monoisotopic (exact) mass is 306 g/mol. The fourth-order valence-corrected chi connectivity index (χ4v) is 5.67. The molecule has 1 heterocycles. The predicted molar refractivity (Wildman–Crippen MR) is 71.5 cm³/mol. The van der Waals surface area contributed by atoms with Gasteiger partial charge in [0.05, 0.1) is 5.69 Å². The summed E-state index contributed by atoms with van der Waals surface area (Å²) in [5.41, 5.74) is 0.520. The van der Waals surface area contributed by atoms with E-state index in [1.807, 2.05) is 0 Å². The van der Waals surface area contributed by atoms with E-state index >= 15 is 0 Å². The lowest BCUT2D eigenvalue weighted by molar-refractivity contribution is 0.389. The van der Waals surface area contributed by atoms with Crippen molar-refractivity contribution in [2.75, 3.05) is 6.54 Å². The van der Waals surface area contributed by atoms with Crippen LogP contribution in [-0.2, 0) is 10.0 Å². The van der Waals surface area contributed by atoms with Gasteiger partial charge < -0.3 is 0 Å². The van der Waals surface area contributed by atoms with Gasteiger partial charge >= 0.3 is 0 Å². The van der Waals surface area contributed by atoms with Gasteiger partial charge in [-0.1, -0.05) is 22.9 Å². The lowest BCUT2D eigenvalue weighted by Crippen LogP contribution is -2.34. The average Bonchev–Trinajstić information content (AvgIpc) is 3.15. The van der Waals surface area contributed by atoms with Gasteiger partial charge in [-0.15, -0.1) is 0 Å². The minimum Gasteiger partial charge on any atom is -0.229 e. The van der Waals surface area contributed by atoms with Crippen LogP contribution < -0.4 is 0 Å². The van der Waals surface area contributed by atoms with Crippen LogP contribution in [0.15, 0.2) is 4.21 Å². The molecule has 1 aromatic heterocycles. The molecule has 0 N–H and O–H groups in total. The largest absolute Gasteiger partial charge is 0.254 e. The normalized spacial score (nSPS) is 20.6. The van der Waals surface area contributed by atoms with Crippen LogP contribution in [0.5, 0.6) is 0 Å². The molecule has 18 heavy (non-hydrogen) atoms. The average molecular weight is 307 g/mol. The quantitative estimate of drug-likeness (QED) is 0.840. The molecule has 2 saturated carbocycles. The summed E-state index contributed by atoms with van der Waals surface area (Å²) in [4.78, 5) is 4.01. The summed E-state index contributed by atoms with van der Waals surface area (Å²) < 4.78 is 27.6. The Morgan fingerprint density at radius 3 is 2.50 bits per heavy atom. The maximum Gasteiger partial charge on any atom is 0.254 e. The number of nitrogens with zero attached hydrogens (tertiary/aromatic N) is 2. The Morgan fingerprint density at radius 2 is 2.06 bits per heavy atom. The summed E-state index contributed by atoms with van der Waals surface area (Å²) in [6.07, 6.45) is 4.28. The first-order chi connectivity index (χ1) is 8.48. The van der Waals surface area contributed by atoms with Crippen molar-refractivity contribution in [3.8, 4) is 0 Å². The SMILES string of the molecule is Cc1nc(Cl)sc1S(=O)(=O)N(CC1CC1)C1CC1. The number of hydrogen-bond acceptors (Lipinski definition) is 4. The molecule has 1 aromatic rings. The van der Waals surface area contributed by atoms with Crippen LogP contribution in [0.25, 0.3) is 0 Å². The summed E-state index contributed by atoms with van der Waals surface area (Å²) >= 11 is 6.88. The van der Waals surface area contributed by atoms with E-state index in [0.29, 0.717) is 26.8 Å². The smallest absolute Gasteiger partial charge is 0.229 e. The minimum absolute atomic E-state index is 0.205. The third-order valence-corrected chi connectivity index (χ3v) is 7.13. The van der Waals surface area contributed by atoms with E-state index in [9.17, 15) is 8.42 Å². The molecular formula is C11H15ClN2O2S2. The maximum absolute atomic E-state index is 12.6. The number of thiazole rings is 1. The second-order valence-corrected chi connectivity index (χ2v) is 8.76. The number of rotatable bonds is 5. The van der Waals surface area contributed by atoms with Gasteiger partial charge in [0.25, 0.3) is 10.0 Å². The summed E-state index contributed by atoms with van der Waals surface area (Å²) in [5.74, 6) is 0.559. The number of halogens is 1. The molecule has 0 saturated heterocycles. The summed E-state index contributed by atoms with van der Waals surface area (Å²) in [6, 6.07) is 0.205. The second kappa shape index (κ2) is 4.44. The number of sulfonamides is 1. The maximum atomic E-state index is 12.6. The van der Waals surface area contributed by atoms with Crippen molar-refractivity contribution in [1.82, 2.24) is 9.29 Å². The van der Waals surface area contributed by atoms with Crippen LogP contribution in [-0.4, -0.2) is 30.3 Å². The van der Waals surface area contributed by atoms with E-state index in [2.05, 4.69) is 4.98 Å². The van der Waals surface area contributed by atoms with Gasteiger partial charge in [-0.3, -0.25) is 0 Å². The second-order valence-electron chi connectivity index (χ2n) is 5.09. The first-order valence-electron chi connectivity index (χ1n) is 6.13. The molecule has 0 atom stereocenters. The molecule has 7 heteroatoms. The van der Waals surface area contributed by atoms with Crippen LogP contribution in [0, 0.1) is 12.8 Å². The van der Waals surface area contributed by atoms with Crippen LogP contribution in [0.4, 0.5) is 0 Å². The van der Waals surface area contributed by atoms with Gasteiger partial charge in [0.2, 0.25) is 0 Å². The molecule has 2 aliphatic carbocycles. The molecule has 2 fully saturated rings. The fraction of sp³-hybridized carbons (Fsp3) is 0.727. The van der Waals surface area contributed by atoms with E-state index < -0.39 is 10.0 Å². The number of aromatic nitrogens is 1. The Bertz CT molecular complexity index is 562. The molecule has 0 amide bonds. The summed E-state index contributed by atoms with van der Waals surface area (Å²) in [7, 11) is -3.40. The van der Waals surface area contributed by atoms with Crippen molar-refractivity contribution in [1.29, 1.82) is 0 Å². The summed E-state index contributed by atoms with van der Waals surface area (Å²) in [5, 5.41) is 0. The molecule has 4 nitrogen and oxygen atoms in total. The lowest BCUT2D eigenvalue weighted by Gasteiger charge is -2.20. The van der Waals surface area contributed by atoms with Crippen molar-refractivity contribution in [2.45, 2.75) is 42.9 Å². The highest BCUT2D eigenvalue weighted by Crippen LogP contribution is 2.40. The molecule has 2 aliphatic rings. The molecule has 0 radical (unpaired) electrons. The first kappa shape index (κ1) is 12.8. The van der Waals surface area contributed by atoms with E-state index in [1.165, 1.54) is 0 Å². The third kappa shape index (κ3) is 2.43. The van der Waals surface area contributed by atoms with Crippen LogP contribution in [0.2, 0.25) is 4.47 Å². The molecule has 0 bridgehead atoms. The molecule has 0 spiro atoms. The first-order valence-corrected chi connectivity index (χ1v) is 8.76. The number of hydrogen-bond donors (Lipinski definition) is 0. The van der Waals surface area contributed by atoms with E-state index in [1.54, 1.807) is 11.2 Å². The van der Waals surface area contributed by atoms with Crippen LogP contribution in [0.3, 0.4) is 0 Å². The van der Waals surface area contributed by atoms with Gasteiger partial charge in [-0.05, 0) is 38.5 Å². The fourth-order valence-electron chi connectivity index (χ4n) is 2.06. The Balaban J connectivity index is 1.93. The van der Waals surface area contributed by atoms with Gasteiger partial charge in [0.1, 0.15) is 0 Å². The summed E-state index contributed by atoms with van der Waals surface area (Å²) in [6.45, 7) is 2.37. The Kier molecular flexibility index (Phi) is 3.17. The third-order valence-electron chi connectivity index (χ3n) is 3.36. The molecule has 100 valence electrons. The van der Waals surface area contributed by atoms with Gasteiger partial charge in [-0.2, -0.15) is 4.31 Å². The zero-order chi connectivity index (χ0) is 12.9. The van der Waals surface area contributed by atoms with Crippen molar-refractivity contribution < 1.29 is 8.42 Å². The highest BCUT2D eigenvalue weighted by atomic mass is 35.5. The van der Waals surface area contributed by atoms with Gasteiger partial charge in [0.15, 0.2) is 8.68 Å². The lowest BCUT2D eigenvalue weighted by atomic mass is 10.4. The topological polar surface area (TPSA) is 50.3 Å². The molecule has 3 rings (SSSR count). The van der Waals surface area contributed by atoms with E-state index in [4.69, 9.17) is 11.6 Å².